The van der Waals surface area contributed by atoms with Gasteiger partial charge in [0.25, 0.3) is 0 Å². The third-order valence-corrected chi connectivity index (χ3v) is 23.4. The maximum absolute atomic E-state index is 20.6. The van der Waals surface area contributed by atoms with Crippen molar-refractivity contribution in [1.29, 1.82) is 0 Å². The van der Waals surface area contributed by atoms with Gasteiger partial charge in [-0.15, -0.1) is 0 Å². The summed E-state index contributed by atoms with van der Waals surface area (Å²) in [6.07, 6.45) is 0. The second-order valence-corrected chi connectivity index (χ2v) is 19.9. The van der Waals surface area contributed by atoms with Crippen LogP contribution >= 0.6 is 13.6 Å². The SMILES string of the molecule is FP1(c2ccccc2)(c2ccccc2)c2cccc3cccc(c23)[P+]1(c1ccccc1)c1ccccc1. The van der Waals surface area contributed by atoms with Crippen LogP contribution in [0, 0.1) is 0 Å². The molecule has 0 aromatic heterocycles. The predicted octanol–water partition coefficient (Wildman–Crippen LogP) is 6.78. The van der Waals surface area contributed by atoms with Crippen molar-refractivity contribution in [3.8, 4) is 0 Å². The van der Waals surface area contributed by atoms with Crippen LogP contribution in [0.4, 0.5) is 4.20 Å². The van der Waals surface area contributed by atoms with Gasteiger partial charge in [-0.3, -0.25) is 0 Å². The summed E-state index contributed by atoms with van der Waals surface area (Å²) in [7, 11) is 0. The van der Waals surface area contributed by atoms with E-state index in [9.17, 15) is 0 Å². The van der Waals surface area contributed by atoms with Crippen molar-refractivity contribution < 1.29 is 4.20 Å². The molecule has 0 N–H and O–H groups in total. The Morgan fingerprint density at radius 3 is 1.35 bits per heavy atom. The third-order valence-electron chi connectivity index (χ3n) is 7.93. The van der Waals surface area contributed by atoms with Gasteiger partial charge in [0.15, 0.2) is 0 Å². The zero-order valence-electron chi connectivity index (χ0n) is 20.3. The molecular formula is C34H26FP2+. The van der Waals surface area contributed by atoms with E-state index < -0.39 is 13.6 Å². The van der Waals surface area contributed by atoms with E-state index in [-0.39, 0.29) is 0 Å². The molecule has 178 valence electrons. The summed E-state index contributed by atoms with van der Waals surface area (Å²) in [5, 5.41) is 7.94. The van der Waals surface area contributed by atoms with Crippen LogP contribution in [0.5, 0.6) is 0 Å². The Hall–Kier alpha value is -3.63. The fourth-order valence-corrected chi connectivity index (χ4v) is 24.7. The van der Waals surface area contributed by atoms with E-state index in [1.54, 1.807) is 0 Å². The summed E-state index contributed by atoms with van der Waals surface area (Å²) < 4.78 is 20.6. The monoisotopic (exact) mass is 515 g/mol. The Morgan fingerprint density at radius 2 is 0.865 bits per heavy atom. The van der Waals surface area contributed by atoms with Gasteiger partial charge in [-0.25, -0.2) is 0 Å². The fourth-order valence-electron chi connectivity index (χ4n) is 6.60. The van der Waals surface area contributed by atoms with Crippen molar-refractivity contribution in [3.63, 3.8) is 0 Å². The van der Waals surface area contributed by atoms with Crippen LogP contribution in [0.25, 0.3) is 10.8 Å². The molecule has 1 aliphatic heterocycles. The van der Waals surface area contributed by atoms with Gasteiger partial charge in [0, 0.05) is 0 Å². The first kappa shape index (κ1) is 22.6. The Morgan fingerprint density at radius 1 is 0.432 bits per heavy atom. The van der Waals surface area contributed by atoms with Crippen LogP contribution in [0.3, 0.4) is 0 Å². The Balaban J connectivity index is 1.86. The van der Waals surface area contributed by atoms with Gasteiger partial charge in [0.05, 0.1) is 0 Å². The first-order valence-corrected chi connectivity index (χ1v) is 17.2. The molecule has 0 spiro atoms. The number of rotatable bonds is 4. The summed E-state index contributed by atoms with van der Waals surface area (Å²) in [5.41, 5.74) is 0. The Bertz CT molecular complexity index is 1650. The van der Waals surface area contributed by atoms with Gasteiger partial charge in [0.2, 0.25) is 0 Å². The number of benzene rings is 6. The summed E-state index contributed by atoms with van der Waals surface area (Å²) in [6.45, 7) is -7.63. The average Bonchev–Trinajstić information content (AvgIpc) is 3.21. The first-order chi connectivity index (χ1) is 18.2. The van der Waals surface area contributed by atoms with E-state index in [1.807, 2.05) is 78.9 Å². The number of hydrogen-bond acceptors (Lipinski definition) is 0. The van der Waals surface area contributed by atoms with Crippen molar-refractivity contribution in [1.82, 2.24) is 0 Å². The van der Waals surface area contributed by atoms with Crippen LogP contribution in [-0.2, 0) is 0 Å². The van der Waals surface area contributed by atoms with Crippen LogP contribution in [0.1, 0.15) is 0 Å². The van der Waals surface area contributed by atoms with Crippen LogP contribution in [0.2, 0.25) is 0 Å². The fraction of sp³-hybridized carbons (Fsp3) is 0. The normalized spacial score (nSPS) is 17.6. The van der Waals surface area contributed by atoms with Crippen LogP contribution in [0.15, 0.2) is 158 Å². The molecular weight excluding hydrogens is 489 g/mol. The summed E-state index contributed by atoms with van der Waals surface area (Å²) in [4.78, 5) is 0. The molecule has 7 rings (SSSR count). The molecule has 6 aromatic carbocycles. The molecule has 0 amide bonds. The van der Waals surface area contributed by atoms with Crippen molar-refractivity contribution in [2.45, 2.75) is 0 Å². The molecule has 0 bridgehead atoms. The minimum absolute atomic E-state index is 0.796. The van der Waals surface area contributed by atoms with Crippen molar-refractivity contribution >= 4 is 56.2 Å². The van der Waals surface area contributed by atoms with E-state index in [1.165, 1.54) is 0 Å². The molecule has 3 heteroatoms. The number of hydrogen-bond donors (Lipinski definition) is 0. The Kier molecular flexibility index (Phi) is 4.99. The minimum atomic E-state index is -4.68. The van der Waals surface area contributed by atoms with Crippen LogP contribution in [-0.4, -0.2) is 0 Å². The molecule has 0 aliphatic carbocycles. The molecule has 0 saturated heterocycles. The van der Waals surface area contributed by atoms with Crippen LogP contribution < -0.4 is 31.8 Å². The second-order valence-electron chi connectivity index (χ2n) is 9.59. The molecule has 6 aromatic rings. The van der Waals surface area contributed by atoms with Crippen molar-refractivity contribution in [3.05, 3.63) is 158 Å². The summed E-state index contributed by atoms with van der Waals surface area (Å²) in [5.74, 6) is 0. The molecule has 1 heterocycles. The van der Waals surface area contributed by atoms with Gasteiger partial charge in [-0.05, 0) is 0 Å². The third kappa shape index (κ3) is 2.64. The standard InChI is InChI=1S/C34H26FP2/c35-37(30-21-9-3-10-22-30,31-23-11-4-12-24-31)33-26-14-16-27-15-13-25-32(34(27)33)36(37,28-17-5-1-6-18-28)29-19-7-2-8-20-29/h1-26H/q+1. The molecule has 0 radical (unpaired) electrons. The van der Waals surface area contributed by atoms with E-state index in [4.69, 9.17) is 0 Å². The zero-order valence-corrected chi connectivity index (χ0v) is 22.1. The number of halogens is 1. The second kappa shape index (κ2) is 8.19. The first-order valence-electron chi connectivity index (χ1n) is 12.6. The zero-order chi connectivity index (χ0) is 25.0. The van der Waals surface area contributed by atoms with Gasteiger partial charge in [0.1, 0.15) is 0 Å². The quantitative estimate of drug-likeness (QED) is 0.227. The van der Waals surface area contributed by atoms with E-state index >= 15 is 4.20 Å². The molecule has 0 saturated carbocycles. The summed E-state index contributed by atoms with van der Waals surface area (Å²) in [6, 6.07) is 53.9. The summed E-state index contributed by atoms with van der Waals surface area (Å²) >= 11 is 0. The average molecular weight is 516 g/mol. The molecule has 37 heavy (non-hydrogen) atoms. The predicted molar refractivity (Wildman–Crippen MR) is 162 cm³/mol. The Labute approximate surface area is 217 Å². The van der Waals surface area contributed by atoms with Gasteiger partial charge in [-0.2, -0.15) is 0 Å². The van der Waals surface area contributed by atoms with E-state index in [2.05, 4.69) is 78.9 Å². The van der Waals surface area contributed by atoms with E-state index in [0.29, 0.717) is 0 Å². The molecule has 0 fully saturated rings. The molecule has 0 nitrogen and oxygen atoms in total. The van der Waals surface area contributed by atoms with Gasteiger partial charge in [-0.1, -0.05) is 0 Å². The van der Waals surface area contributed by atoms with E-state index in [0.717, 1.165) is 42.6 Å². The van der Waals surface area contributed by atoms with Gasteiger partial charge >= 0.3 is 218 Å². The molecule has 1 aliphatic rings. The molecule has 0 atom stereocenters. The van der Waals surface area contributed by atoms with Crippen molar-refractivity contribution in [2.75, 3.05) is 0 Å². The van der Waals surface area contributed by atoms with Crippen molar-refractivity contribution in [2.24, 2.45) is 0 Å². The van der Waals surface area contributed by atoms with Gasteiger partial charge < -0.3 is 0 Å². The molecule has 0 unspecified atom stereocenters. The topological polar surface area (TPSA) is 0 Å². The maximum atomic E-state index is 20.6.